The molecule has 0 aromatic heterocycles. The lowest BCUT2D eigenvalue weighted by Gasteiger charge is -2.17. The van der Waals surface area contributed by atoms with Gasteiger partial charge in [0.25, 0.3) is 0 Å². The van der Waals surface area contributed by atoms with E-state index in [2.05, 4.69) is 26.1 Å². The van der Waals surface area contributed by atoms with E-state index in [1.165, 1.54) is 0 Å². The van der Waals surface area contributed by atoms with E-state index in [4.69, 9.17) is 4.74 Å². The molecule has 3 nitrogen and oxygen atoms in total. The highest BCUT2D eigenvalue weighted by molar-refractivity contribution is 5.76. The molecule has 0 aliphatic heterocycles. The molecule has 0 aliphatic rings. The number of hydrogen-bond acceptors (Lipinski definition) is 2. The molecule has 0 heterocycles. The van der Waals surface area contributed by atoms with E-state index in [0.717, 1.165) is 11.1 Å². The molecule has 0 saturated heterocycles. The predicted molar refractivity (Wildman–Crippen MR) is 73.1 cm³/mol. The van der Waals surface area contributed by atoms with Gasteiger partial charge in [0.05, 0.1) is 6.61 Å². The molecule has 0 fully saturated rings. The summed E-state index contributed by atoms with van der Waals surface area (Å²) in [6.45, 7) is 7.32. The quantitative estimate of drug-likeness (QED) is 0.871. The highest BCUT2D eigenvalue weighted by Crippen LogP contribution is 2.18. The van der Waals surface area contributed by atoms with E-state index < -0.39 is 0 Å². The third-order valence-electron chi connectivity index (χ3n) is 2.59. The number of amides is 1. The molecule has 0 bridgehead atoms. The lowest BCUT2D eigenvalue weighted by atomic mass is 9.92. The summed E-state index contributed by atoms with van der Waals surface area (Å²) in [5.74, 6) is 0.0923. The summed E-state index contributed by atoms with van der Waals surface area (Å²) in [7, 11) is 1.68. The number of rotatable bonds is 5. The number of ether oxygens (including phenoxy) is 1. The summed E-state index contributed by atoms with van der Waals surface area (Å²) in [5.41, 5.74) is 2.26. The maximum absolute atomic E-state index is 11.8. The molecule has 0 spiro atoms. The van der Waals surface area contributed by atoms with Gasteiger partial charge in [0, 0.05) is 20.1 Å². The smallest absolute Gasteiger partial charge is 0.220 e. The highest BCUT2D eigenvalue weighted by atomic mass is 16.5. The van der Waals surface area contributed by atoms with E-state index >= 15 is 0 Å². The Bertz CT molecular complexity index is 394. The molecule has 0 unspecified atom stereocenters. The molecule has 1 N–H and O–H groups in total. The third-order valence-corrected chi connectivity index (χ3v) is 2.59. The SMILES string of the molecule is COCc1ccccc1CNC(=O)CC(C)(C)C. The van der Waals surface area contributed by atoms with Crippen LogP contribution >= 0.6 is 0 Å². The van der Waals surface area contributed by atoms with Gasteiger partial charge in [0.15, 0.2) is 0 Å². The standard InChI is InChI=1S/C15H23NO2/c1-15(2,3)9-14(17)16-10-12-7-5-6-8-13(12)11-18-4/h5-8H,9-11H2,1-4H3,(H,16,17). The van der Waals surface area contributed by atoms with Crippen molar-refractivity contribution in [1.82, 2.24) is 5.32 Å². The van der Waals surface area contributed by atoms with Crippen LogP contribution in [0.2, 0.25) is 0 Å². The maximum atomic E-state index is 11.8. The Labute approximate surface area is 110 Å². The fourth-order valence-electron chi connectivity index (χ4n) is 1.76. The van der Waals surface area contributed by atoms with Crippen molar-refractivity contribution in [1.29, 1.82) is 0 Å². The Balaban J connectivity index is 2.55. The van der Waals surface area contributed by atoms with Crippen molar-refractivity contribution in [2.75, 3.05) is 7.11 Å². The maximum Gasteiger partial charge on any atom is 0.220 e. The van der Waals surface area contributed by atoms with Crippen LogP contribution in [0.5, 0.6) is 0 Å². The first-order valence-corrected chi connectivity index (χ1v) is 6.25. The zero-order chi connectivity index (χ0) is 13.6. The topological polar surface area (TPSA) is 38.3 Å². The van der Waals surface area contributed by atoms with E-state index in [1.807, 2.05) is 24.3 Å². The van der Waals surface area contributed by atoms with Gasteiger partial charge in [0.1, 0.15) is 0 Å². The van der Waals surface area contributed by atoms with Crippen LogP contribution in [0.25, 0.3) is 0 Å². The van der Waals surface area contributed by atoms with Crippen molar-refractivity contribution >= 4 is 5.91 Å². The molecular formula is C15H23NO2. The molecule has 0 atom stereocenters. The summed E-state index contributed by atoms with van der Waals surface area (Å²) in [6, 6.07) is 8.00. The number of methoxy groups -OCH3 is 1. The number of benzene rings is 1. The minimum Gasteiger partial charge on any atom is -0.380 e. The number of carbonyl (C=O) groups excluding carboxylic acids is 1. The molecule has 1 rings (SSSR count). The van der Waals surface area contributed by atoms with Crippen LogP contribution in [-0.4, -0.2) is 13.0 Å². The summed E-state index contributed by atoms with van der Waals surface area (Å²) >= 11 is 0. The fourth-order valence-corrected chi connectivity index (χ4v) is 1.76. The third kappa shape index (κ3) is 5.32. The van der Waals surface area contributed by atoms with Gasteiger partial charge in [0.2, 0.25) is 5.91 Å². The molecule has 1 aromatic carbocycles. The predicted octanol–water partition coefficient (Wildman–Crippen LogP) is 2.89. The largest absolute Gasteiger partial charge is 0.380 e. The molecule has 0 saturated carbocycles. The second kappa shape index (κ2) is 6.55. The Morgan fingerprint density at radius 2 is 1.83 bits per heavy atom. The van der Waals surface area contributed by atoms with Crippen LogP contribution in [-0.2, 0) is 22.7 Å². The normalized spacial score (nSPS) is 11.3. The molecule has 100 valence electrons. The van der Waals surface area contributed by atoms with Gasteiger partial charge in [-0.05, 0) is 16.5 Å². The van der Waals surface area contributed by atoms with Crippen LogP contribution in [0.15, 0.2) is 24.3 Å². The van der Waals surface area contributed by atoms with Gasteiger partial charge in [-0.2, -0.15) is 0 Å². The van der Waals surface area contributed by atoms with E-state index in [0.29, 0.717) is 19.6 Å². The van der Waals surface area contributed by atoms with E-state index in [1.54, 1.807) is 7.11 Å². The van der Waals surface area contributed by atoms with Crippen LogP contribution < -0.4 is 5.32 Å². The molecule has 0 radical (unpaired) electrons. The molecule has 3 heteroatoms. The lowest BCUT2D eigenvalue weighted by Crippen LogP contribution is -2.27. The van der Waals surface area contributed by atoms with Crippen molar-refractivity contribution in [2.24, 2.45) is 5.41 Å². The van der Waals surface area contributed by atoms with Gasteiger partial charge in [-0.25, -0.2) is 0 Å². The first kappa shape index (κ1) is 14.7. The van der Waals surface area contributed by atoms with Crippen molar-refractivity contribution < 1.29 is 9.53 Å². The summed E-state index contributed by atoms with van der Waals surface area (Å²) < 4.78 is 5.14. The van der Waals surface area contributed by atoms with Crippen LogP contribution in [0.1, 0.15) is 38.3 Å². The Kier molecular flexibility index (Phi) is 5.35. The van der Waals surface area contributed by atoms with Gasteiger partial charge in [-0.1, -0.05) is 45.0 Å². The van der Waals surface area contributed by atoms with Crippen molar-refractivity contribution in [3.05, 3.63) is 35.4 Å². The summed E-state index contributed by atoms with van der Waals surface area (Å²) in [6.07, 6.45) is 0.541. The van der Waals surface area contributed by atoms with Gasteiger partial charge < -0.3 is 10.1 Å². The molecular weight excluding hydrogens is 226 g/mol. The Morgan fingerprint density at radius 3 is 2.39 bits per heavy atom. The zero-order valence-corrected chi connectivity index (χ0v) is 11.7. The number of nitrogens with one attached hydrogen (secondary N) is 1. The van der Waals surface area contributed by atoms with Gasteiger partial charge in [-0.3, -0.25) is 4.79 Å². The summed E-state index contributed by atoms with van der Waals surface area (Å²) in [5, 5.41) is 2.96. The average Bonchev–Trinajstić information content (AvgIpc) is 2.26. The second-order valence-electron chi connectivity index (χ2n) is 5.72. The monoisotopic (exact) mass is 249 g/mol. The molecule has 0 aliphatic carbocycles. The molecule has 18 heavy (non-hydrogen) atoms. The van der Waals surface area contributed by atoms with Crippen LogP contribution in [0.4, 0.5) is 0 Å². The Morgan fingerprint density at radius 1 is 1.22 bits per heavy atom. The number of hydrogen-bond donors (Lipinski definition) is 1. The molecule has 1 aromatic rings. The van der Waals surface area contributed by atoms with Crippen LogP contribution in [0.3, 0.4) is 0 Å². The lowest BCUT2D eigenvalue weighted by molar-refractivity contribution is -0.122. The van der Waals surface area contributed by atoms with Crippen molar-refractivity contribution in [3.63, 3.8) is 0 Å². The fraction of sp³-hybridized carbons (Fsp3) is 0.533. The van der Waals surface area contributed by atoms with E-state index in [-0.39, 0.29) is 11.3 Å². The average molecular weight is 249 g/mol. The Hall–Kier alpha value is -1.35. The van der Waals surface area contributed by atoms with Gasteiger partial charge >= 0.3 is 0 Å². The minimum absolute atomic E-state index is 0.0239. The van der Waals surface area contributed by atoms with Crippen molar-refractivity contribution in [2.45, 2.75) is 40.3 Å². The number of carbonyl (C=O) groups is 1. The van der Waals surface area contributed by atoms with Crippen LogP contribution in [0, 0.1) is 5.41 Å². The first-order valence-electron chi connectivity index (χ1n) is 6.25. The van der Waals surface area contributed by atoms with E-state index in [9.17, 15) is 4.79 Å². The van der Waals surface area contributed by atoms with Gasteiger partial charge in [-0.15, -0.1) is 0 Å². The highest BCUT2D eigenvalue weighted by Gasteiger charge is 2.15. The second-order valence-corrected chi connectivity index (χ2v) is 5.72. The summed E-state index contributed by atoms with van der Waals surface area (Å²) in [4.78, 5) is 11.8. The minimum atomic E-state index is 0.0239. The first-order chi connectivity index (χ1) is 8.42. The molecule has 1 amide bonds. The van der Waals surface area contributed by atoms with Crippen molar-refractivity contribution in [3.8, 4) is 0 Å². The zero-order valence-electron chi connectivity index (χ0n) is 11.7.